The predicted molar refractivity (Wildman–Crippen MR) is 106 cm³/mol. The average Bonchev–Trinajstić information content (AvgIpc) is 2.83. The fourth-order valence-electron chi connectivity index (χ4n) is 4.48. The molecule has 3 heteroatoms. The van der Waals surface area contributed by atoms with Crippen molar-refractivity contribution in [1.29, 1.82) is 0 Å². The van der Waals surface area contributed by atoms with Crippen molar-refractivity contribution in [2.24, 2.45) is 0 Å². The van der Waals surface area contributed by atoms with Gasteiger partial charge in [-0.1, -0.05) is 42.5 Å². The van der Waals surface area contributed by atoms with Gasteiger partial charge in [0.2, 0.25) is 0 Å². The SMILES string of the molecule is Cc1ccccc1CN(C)C1CCC2(CC1)CNCc1ccccc1O2. The smallest absolute Gasteiger partial charge is 0.124 e. The summed E-state index contributed by atoms with van der Waals surface area (Å²) in [7, 11) is 2.27. The highest BCUT2D eigenvalue weighted by Gasteiger charge is 2.39. The number of hydrogen-bond donors (Lipinski definition) is 1. The zero-order chi connectivity index (χ0) is 18.0. The van der Waals surface area contributed by atoms with E-state index >= 15 is 0 Å². The number of rotatable bonds is 3. The fourth-order valence-corrected chi connectivity index (χ4v) is 4.48. The molecule has 1 N–H and O–H groups in total. The van der Waals surface area contributed by atoms with Crippen molar-refractivity contribution in [2.75, 3.05) is 13.6 Å². The van der Waals surface area contributed by atoms with Crippen LogP contribution in [0.4, 0.5) is 0 Å². The summed E-state index contributed by atoms with van der Waals surface area (Å²) in [6.45, 7) is 5.11. The highest BCUT2D eigenvalue weighted by atomic mass is 16.5. The Bertz CT molecular complexity index is 749. The standard InChI is InChI=1S/C23H30N2O/c1-18-7-3-4-9-20(18)16-25(2)21-11-13-23(14-12-21)17-24-15-19-8-5-6-10-22(19)26-23/h3-10,21,24H,11-17H2,1-2H3. The van der Waals surface area contributed by atoms with Crippen LogP contribution in [-0.2, 0) is 13.1 Å². The van der Waals surface area contributed by atoms with Crippen molar-refractivity contribution in [3.63, 3.8) is 0 Å². The van der Waals surface area contributed by atoms with Crippen molar-refractivity contribution >= 4 is 0 Å². The highest BCUT2D eigenvalue weighted by molar-refractivity contribution is 5.35. The molecule has 0 saturated heterocycles. The number of nitrogens with one attached hydrogen (secondary N) is 1. The maximum atomic E-state index is 6.57. The van der Waals surface area contributed by atoms with Crippen molar-refractivity contribution in [3.05, 3.63) is 65.2 Å². The van der Waals surface area contributed by atoms with E-state index in [-0.39, 0.29) is 5.60 Å². The second-order valence-corrected chi connectivity index (χ2v) is 8.07. The van der Waals surface area contributed by atoms with Gasteiger partial charge >= 0.3 is 0 Å². The van der Waals surface area contributed by atoms with Crippen LogP contribution in [0.3, 0.4) is 0 Å². The van der Waals surface area contributed by atoms with Gasteiger partial charge in [0.05, 0.1) is 0 Å². The molecule has 2 aromatic carbocycles. The molecular weight excluding hydrogens is 320 g/mol. The number of nitrogens with zero attached hydrogens (tertiary/aromatic N) is 1. The van der Waals surface area contributed by atoms with Gasteiger partial charge in [-0.05, 0) is 56.8 Å². The highest BCUT2D eigenvalue weighted by Crippen LogP contribution is 2.37. The van der Waals surface area contributed by atoms with E-state index in [4.69, 9.17) is 4.74 Å². The molecule has 1 saturated carbocycles. The topological polar surface area (TPSA) is 24.5 Å². The molecule has 1 fully saturated rings. The monoisotopic (exact) mass is 350 g/mol. The molecule has 0 aromatic heterocycles. The third kappa shape index (κ3) is 3.65. The van der Waals surface area contributed by atoms with E-state index in [2.05, 4.69) is 72.7 Å². The molecule has 2 aromatic rings. The predicted octanol–water partition coefficient (Wildman–Crippen LogP) is 4.29. The van der Waals surface area contributed by atoms with Crippen molar-refractivity contribution < 1.29 is 4.74 Å². The van der Waals surface area contributed by atoms with Gasteiger partial charge in [0.15, 0.2) is 0 Å². The van der Waals surface area contributed by atoms with Gasteiger partial charge in [0.1, 0.15) is 11.4 Å². The molecule has 26 heavy (non-hydrogen) atoms. The van der Waals surface area contributed by atoms with Gasteiger partial charge in [-0.25, -0.2) is 0 Å². The Hall–Kier alpha value is -1.84. The minimum absolute atomic E-state index is 0.0351. The van der Waals surface area contributed by atoms with Gasteiger partial charge < -0.3 is 10.1 Å². The fraction of sp³-hybridized carbons (Fsp3) is 0.478. The third-order valence-electron chi connectivity index (χ3n) is 6.23. The molecule has 2 aliphatic rings. The molecule has 1 heterocycles. The first-order valence-corrected chi connectivity index (χ1v) is 9.88. The molecule has 0 atom stereocenters. The minimum Gasteiger partial charge on any atom is -0.486 e. The Balaban J connectivity index is 1.40. The van der Waals surface area contributed by atoms with Crippen molar-refractivity contribution in [1.82, 2.24) is 10.2 Å². The summed E-state index contributed by atoms with van der Waals surface area (Å²) in [5.74, 6) is 1.07. The van der Waals surface area contributed by atoms with Gasteiger partial charge in [0, 0.05) is 31.2 Å². The summed E-state index contributed by atoms with van der Waals surface area (Å²) in [5, 5.41) is 3.62. The van der Waals surface area contributed by atoms with Crippen LogP contribution >= 0.6 is 0 Å². The minimum atomic E-state index is -0.0351. The lowest BCUT2D eigenvalue weighted by Crippen LogP contribution is -2.50. The number of hydrogen-bond acceptors (Lipinski definition) is 3. The first-order chi connectivity index (χ1) is 12.7. The number of fused-ring (bicyclic) bond motifs is 1. The lowest BCUT2D eigenvalue weighted by molar-refractivity contribution is 0.00870. The van der Waals surface area contributed by atoms with E-state index in [1.54, 1.807) is 0 Å². The summed E-state index contributed by atoms with van der Waals surface area (Å²) in [6, 6.07) is 17.9. The summed E-state index contributed by atoms with van der Waals surface area (Å²) >= 11 is 0. The first kappa shape index (κ1) is 17.6. The Labute approximate surface area is 157 Å². The normalized spacial score (nSPS) is 25.6. The van der Waals surface area contributed by atoms with Crippen LogP contribution in [0.25, 0.3) is 0 Å². The number of aryl methyl sites for hydroxylation is 1. The van der Waals surface area contributed by atoms with Crippen LogP contribution in [0.1, 0.15) is 42.4 Å². The van der Waals surface area contributed by atoms with E-state index in [1.807, 2.05) is 0 Å². The number of benzene rings is 2. The zero-order valence-electron chi connectivity index (χ0n) is 16.0. The van der Waals surface area contributed by atoms with E-state index in [9.17, 15) is 0 Å². The summed E-state index contributed by atoms with van der Waals surface area (Å²) in [6.07, 6.45) is 4.65. The molecule has 3 nitrogen and oxygen atoms in total. The largest absolute Gasteiger partial charge is 0.486 e. The van der Waals surface area contributed by atoms with Gasteiger partial charge in [-0.3, -0.25) is 4.90 Å². The lowest BCUT2D eigenvalue weighted by Gasteiger charge is -2.42. The molecule has 0 amide bonds. The van der Waals surface area contributed by atoms with Crippen LogP contribution in [0.5, 0.6) is 5.75 Å². The molecule has 1 aliphatic heterocycles. The van der Waals surface area contributed by atoms with Crippen LogP contribution in [-0.4, -0.2) is 30.1 Å². The zero-order valence-corrected chi connectivity index (χ0v) is 16.0. The quantitative estimate of drug-likeness (QED) is 0.894. The maximum Gasteiger partial charge on any atom is 0.124 e. The van der Waals surface area contributed by atoms with Crippen LogP contribution in [0, 0.1) is 6.92 Å². The molecule has 0 bridgehead atoms. The van der Waals surface area contributed by atoms with Crippen molar-refractivity contribution in [2.45, 2.75) is 57.3 Å². The Morgan fingerprint density at radius 1 is 1.08 bits per heavy atom. The first-order valence-electron chi connectivity index (χ1n) is 9.88. The maximum absolute atomic E-state index is 6.57. The van der Waals surface area contributed by atoms with Crippen molar-refractivity contribution in [3.8, 4) is 5.75 Å². The van der Waals surface area contributed by atoms with E-state index < -0.39 is 0 Å². The Morgan fingerprint density at radius 2 is 1.81 bits per heavy atom. The van der Waals surface area contributed by atoms with Gasteiger partial charge in [-0.15, -0.1) is 0 Å². The Kier molecular flexibility index (Phi) is 5.01. The average molecular weight is 351 g/mol. The van der Waals surface area contributed by atoms with Crippen LogP contribution in [0.2, 0.25) is 0 Å². The molecule has 4 rings (SSSR count). The van der Waals surface area contributed by atoms with Gasteiger partial charge in [0.25, 0.3) is 0 Å². The second-order valence-electron chi connectivity index (χ2n) is 8.07. The second kappa shape index (κ2) is 7.42. The van der Waals surface area contributed by atoms with E-state index in [0.29, 0.717) is 6.04 Å². The molecular formula is C23H30N2O. The molecule has 1 aliphatic carbocycles. The number of ether oxygens (including phenoxy) is 1. The molecule has 0 radical (unpaired) electrons. The third-order valence-corrected chi connectivity index (χ3v) is 6.23. The summed E-state index contributed by atoms with van der Waals surface area (Å²) in [5.41, 5.74) is 4.08. The lowest BCUT2D eigenvalue weighted by atomic mass is 9.81. The summed E-state index contributed by atoms with van der Waals surface area (Å²) < 4.78 is 6.57. The van der Waals surface area contributed by atoms with Crippen LogP contribution in [0.15, 0.2) is 48.5 Å². The van der Waals surface area contributed by atoms with E-state index in [0.717, 1.165) is 38.2 Å². The number of para-hydroxylation sites is 1. The molecule has 138 valence electrons. The van der Waals surface area contributed by atoms with Gasteiger partial charge in [-0.2, -0.15) is 0 Å². The molecule has 0 unspecified atom stereocenters. The van der Waals surface area contributed by atoms with E-state index in [1.165, 1.54) is 29.5 Å². The molecule has 1 spiro atoms. The van der Waals surface area contributed by atoms with Crippen LogP contribution < -0.4 is 10.1 Å². The summed E-state index contributed by atoms with van der Waals surface area (Å²) in [4.78, 5) is 2.53. The Morgan fingerprint density at radius 3 is 2.62 bits per heavy atom.